The first-order chi connectivity index (χ1) is 11.8. The standard InChI is InChI=1S/C18H15N5O/c19-12-23-10-4-7-16(23)17-21-18(24-22-17)14-8-9-20-15(11-14)13-5-2-1-3-6-13/h1-3,5-6,8-9,11,16H,4,7,10H2. The van der Waals surface area contributed by atoms with Crippen molar-refractivity contribution in [1.29, 1.82) is 5.26 Å². The minimum absolute atomic E-state index is 0.0806. The van der Waals surface area contributed by atoms with Crippen LogP contribution in [0.25, 0.3) is 22.7 Å². The number of nitriles is 1. The van der Waals surface area contributed by atoms with Gasteiger partial charge in [0.1, 0.15) is 6.04 Å². The van der Waals surface area contributed by atoms with Crippen LogP contribution in [0.5, 0.6) is 0 Å². The van der Waals surface area contributed by atoms with Gasteiger partial charge in [0.2, 0.25) is 0 Å². The molecule has 1 aliphatic rings. The monoisotopic (exact) mass is 317 g/mol. The normalized spacial score (nSPS) is 17.0. The molecule has 0 N–H and O–H groups in total. The van der Waals surface area contributed by atoms with Crippen LogP contribution >= 0.6 is 0 Å². The summed E-state index contributed by atoms with van der Waals surface area (Å²) in [4.78, 5) is 10.6. The zero-order valence-corrected chi connectivity index (χ0v) is 13.0. The quantitative estimate of drug-likeness (QED) is 0.689. The third-order valence-electron chi connectivity index (χ3n) is 4.20. The van der Waals surface area contributed by atoms with Crippen molar-refractivity contribution in [2.75, 3.05) is 6.54 Å². The molecule has 0 aliphatic carbocycles. The Bertz CT molecular complexity index is 884. The molecule has 1 saturated heterocycles. The first kappa shape index (κ1) is 14.4. The molecule has 0 amide bonds. The maximum absolute atomic E-state index is 9.17. The molecular weight excluding hydrogens is 302 g/mol. The summed E-state index contributed by atoms with van der Waals surface area (Å²) >= 11 is 0. The Balaban J connectivity index is 1.65. The van der Waals surface area contributed by atoms with Gasteiger partial charge in [-0.3, -0.25) is 9.88 Å². The molecule has 2 aromatic heterocycles. The van der Waals surface area contributed by atoms with Gasteiger partial charge in [-0.25, -0.2) is 0 Å². The van der Waals surface area contributed by atoms with Gasteiger partial charge in [0, 0.05) is 23.9 Å². The Morgan fingerprint density at radius 1 is 1.17 bits per heavy atom. The number of hydrogen-bond donors (Lipinski definition) is 0. The van der Waals surface area contributed by atoms with Crippen molar-refractivity contribution in [1.82, 2.24) is 20.0 Å². The molecule has 3 heterocycles. The number of aromatic nitrogens is 3. The first-order valence-corrected chi connectivity index (χ1v) is 7.87. The second-order valence-electron chi connectivity index (χ2n) is 5.70. The lowest BCUT2D eigenvalue weighted by Crippen LogP contribution is -2.17. The summed E-state index contributed by atoms with van der Waals surface area (Å²) in [6.07, 6.45) is 5.77. The summed E-state index contributed by atoms with van der Waals surface area (Å²) < 4.78 is 5.42. The van der Waals surface area contributed by atoms with Gasteiger partial charge in [-0.1, -0.05) is 35.5 Å². The Morgan fingerprint density at radius 3 is 2.88 bits per heavy atom. The molecule has 4 rings (SSSR count). The van der Waals surface area contributed by atoms with Crippen LogP contribution in [0.2, 0.25) is 0 Å². The van der Waals surface area contributed by atoms with E-state index in [-0.39, 0.29) is 6.04 Å². The van der Waals surface area contributed by atoms with Crippen molar-refractivity contribution >= 4 is 0 Å². The summed E-state index contributed by atoms with van der Waals surface area (Å²) in [6, 6.07) is 13.6. The fourth-order valence-corrected chi connectivity index (χ4v) is 2.97. The molecule has 0 spiro atoms. The highest BCUT2D eigenvalue weighted by molar-refractivity contribution is 5.65. The lowest BCUT2D eigenvalue weighted by atomic mass is 10.1. The van der Waals surface area contributed by atoms with Crippen LogP contribution in [-0.4, -0.2) is 26.6 Å². The van der Waals surface area contributed by atoms with Gasteiger partial charge in [0.25, 0.3) is 5.89 Å². The molecule has 6 heteroatoms. The molecule has 1 fully saturated rings. The van der Waals surface area contributed by atoms with Crippen LogP contribution in [-0.2, 0) is 0 Å². The van der Waals surface area contributed by atoms with E-state index in [9.17, 15) is 0 Å². The van der Waals surface area contributed by atoms with Gasteiger partial charge in [-0.05, 0) is 25.0 Å². The van der Waals surface area contributed by atoms with E-state index in [0.29, 0.717) is 11.7 Å². The maximum Gasteiger partial charge on any atom is 0.258 e. The lowest BCUT2D eigenvalue weighted by Gasteiger charge is -2.13. The minimum atomic E-state index is -0.0806. The van der Waals surface area contributed by atoms with Crippen LogP contribution < -0.4 is 0 Å². The molecule has 6 nitrogen and oxygen atoms in total. The third kappa shape index (κ3) is 2.61. The molecular formula is C18H15N5O. The number of hydrogen-bond acceptors (Lipinski definition) is 6. The average molecular weight is 317 g/mol. The molecule has 0 bridgehead atoms. The Labute approximate surface area is 139 Å². The van der Waals surface area contributed by atoms with Crippen molar-refractivity contribution in [3.05, 3.63) is 54.5 Å². The second-order valence-corrected chi connectivity index (χ2v) is 5.70. The number of rotatable bonds is 3. The molecule has 24 heavy (non-hydrogen) atoms. The van der Waals surface area contributed by atoms with E-state index in [4.69, 9.17) is 9.78 Å². The molecule has 1 unspecified atom stereocenters. The fourth-order valence-electron chi connectivity index (χ4n) is 2.97. The van der Waals surface area contributed by atoms with Crippen LogP contribution in [0.15, 0.2) is 53.2 Å². The summed E-state index contributed by atoms with van der Waals surface area (Å²) in [5, 5.41) is 13.2. The number of likely N-dealkylation sites (tertiary alicyclic amines) is 1. The van der Waals surface area contributed by atoms with E-state index in [1.165, 1.54) is 0 Å². The summed E-state index contributed by atoms with van der Waals surface area (Å²) in [5.41, 5.74) is 2.71. The highest BCUT2D eigenvalue weighted by Crippen LogP contribution is 2.31. The highest BCUT2D eigenvalue weighted by atomic mass is 16.5. The van der Waals surface area contributed by atoms with E-state index in [2.05, 4.69) is 21.3 Å². The van der Waals surface area contributed by atoms with Crippen molar-refractivity contribution in [3.8, 4) is 28.9 Å². The molecule has 0 saturated carbocycles. The molecule has 118 valence electrons. The number of pyridine rings is 1. The zero-order chi connectivity index (χ0) is 16.4. The topological polar surface area (TPSA) is 78.8 Å². The van der Waals surface area contributed by atoms with Crippen LogP contribution in [0, 0.1) is 11.5 Å². The predicted octanol–water partition coefficient (Wildman–Crippen LogP) is 3.42. The molecule has 1 aromatic carbocycles. The highest BCUT2D eigenvalue weighted by Gasteiger charge is 2.29. The largest absolute Gasteiger partial charge is 0.334 e. The van der Waals surface area contributed by atoms with E-state index in [0.717, 1.165) is 36.2 Å². The van der Waals surface area contributed by atoms with E-state index < -0.39 is 0 Å². The molecule has 1 aliphatic heterocycles. The van der Waals surface area contributed by atoms with Gasteiger partial charge in [-0.2, -0.15) is 10.2 Å². The smallest absolute Gasteiger partial charge is 0.258 e. The molecule has 1 atom stereocenters. The predicted molar refractivity (Wildman–Crippen MR) is 87.3 cm³/mol. The zero-order valence-electron chi connectivity index (χ0n) is 13.0. The lowest BCUT2D eigenvalue weighted by molar-refractivity contribution is 0.339. The van der Waals surface area contributed by atoms with Crippen LogP contribution in [0.4, 0.5) is 0 Å². The van der Waals surface area contributed by atoms with E-state index in [1.807, 2.05) is 42.5 Å². The van der Waals surface area contributed by atoms with Crippen LogP contribution in [0.3, 0.4) is 0 Å². The Kier molecular flexibility index (Phi) is 3.67. The SMILES string of the molecule is N#CN1CCCC1c1noc(-c2ccnc(-c3ccccc3)c2)n1. The first-order valence-electron chi connectivity index (χ1n) is 7.87. The maximum atomic E-state index is 9.17. The van der Waals surface area contributed by atoms with Crippen molar-refractivity contribution in [3.63, 3.8) is 0 Å². The summed E-state index contributed by atoms with van der Waals surface area (Å²) in [6.45, 7) is 0.748. The van der Waals surface area contributed by atoms with Crippen molar-refractivity contribution in [2.24, 2.45) is 0 Å². The average Bonchev–Trinajstić information content (AvgIpc) is 3.31. The Hall–Kier alpha value is -3.20. The van der Waals surface area contributed by atoms with Gasteiger partial charge in [0.05, 0.1) is 5.69 Å². The van der Waals surface area contributed by atoms with E-state index in [1.54, 1.807) is 11.1 Å². The number of nitrogens with zero attached hydrogens (tertiary/aromatic N) is 5. The van der Waals surface area contributed by atoms with Gasteiger partial charge in [0.15, 0.2) is 12.0 Å². The van der Waals surface area contributed by atoms with Gasteiger partial charge >= 0.3 is 0 Å². The van der Waals surface area contributed by atoms with Gasteiger partial charge < -0.3 is 4.52 Å². The summed E-state index contributed by atoms with van der Waals surface area (Å²) in [7, 11) is 0. The van der Waals surface area contributed by atoms with Crippen molar-refractivity contribution < 1.29 is 4.52 Å². The molecule has 3 aromatic rings. The molecule has 0 radical (unpaired) electrons. The minimum Gasteiger partial charge on any atom is -0.334 e. The third-order valence-corrected chi connectivity index (χ3v) is 4.20. The number of benzene rings is 1. The van der Waals surface area contributed by atoms with Crippen molar-refractivity contribution in [2.45, 2.75) is 18.9 Å². The van der Waals surface area contributed by atoms with Gasteiger partial charge in [-0.15, -0.1) is 0 Å². The Morgan fingerprint density at radius 2 is 2.04 bits per heavy atom. The van der Waals surface area contributed by atoms with Crippen LogP contribution in [0.1, 0.15) is 24.7 Å². The fraction of sp³-hybridized carbons (Fsp3) is 0.222. The second kappa shape index (κ2) is 6.13. The summed E-state index contributed by atoms with van der Waals surface area (Å²) in [5.74, 6) is 1.02. The van der Waals surface area contributed by atoms with E-state index >= 15 is 0 Å².